The van der Waals surface area contributed by atoms with Gasteiger partial charge < -0.3 is 0 Å². The molecule has 3 aliphatic heterocycles. The number of rotatable bonds is 4. The van der Waals surface area contributed by atoms with Crippen molar-refractivity contribution < 1.29 is 19.3 Å². The molecule has 9 heteroatoms. The number of hydrogen-bond acceptors (Lipinski definition) is 7. The van der Waals surface area contributed by atoms with Gasteiger partial charge in [-0.1, -0.05) is 36.4 Å². The van der Waals surface area contributed by atoms with Crippen LogP contribution in [0.25, 0.3) is 0 Å². The fourth-order valence-corrected chi connectivity index (χ4v) is 4.59. The van der Waals surface area contributed by atoms with E-state index in [4.69, 9.17) is 0 Å². The zero-order chi connectivity index (χ0) is 21.7. The predicted molar refractivity (Wildman–Crippen MR) is 110 cm³/mol. The van der Waals surface area contributed by atoms with Crippen LogP contribution < -0.4 is 4.90 Å². The largest absolute Gasteiger partial charge is 0.292 e. The molecule has 2 aromatic carbocycles. The van der Waals surface area contributed by atoms with Crippen molar-refractivity contribution in [2.45, 2.75) is 12.1 Å². The average molecular weight is 416 g/mol. The number of allylic oxidation sites excluding steroid dienone is 1. The van der Waals surface area contributed by atoms with Gasteiger partial charge in [0.1, 0.15) is 6.04 Å². The number of ketones is 1. The maximum absolute atomic E-state index is 13.4. The van der Waals surface area contributed by atoms with Crippen LogP contribution >= 0.6 is 0 Å². The lowest BCUT2D eigenvalue weighted by Crippen LogP contribution is -2.46. The number of carbonyl (C=O) groups excluding carboxylic acids is 3. The van der Waals surface area contributed by atoms with Crippen LogP contribution in [0.2, 0.25) is 0 Å². The summed E-state index contributed by atoms with van der Waals surface area (Å²) in [7, 11) is 0. The molecule has 0 N–H and O–H groups in total. The van der Waals surface area contributed by atoms with Crippen molar-refractivity contribution in [2.75, 3.05) is 4.90 Å². The van der Waals surface area contributed by atoms with Crippen molar-refractivity contribution in [2.24, 2.45) is 16.9 Å². The summed E-state index contributed by atoms with van der Waals surface area (Å²) in [6, 6.07) is 12.4. The summed E-state index contributed by atoms with van der Waals surface area (Å²) >= 11 is 0. The number of nitro groups is 1. The highest BCUT2D eigenvalue weighted by Crippen LogP contribution is 2.46. The van der Waals surface area contributed by atoms with E-state index in [9.17, 15) is 24.5 Å². The number of non-ortho nitro benzene ring substituents is 1. The van der Waals surface area contributed by atoms with Gasteiger partial charge in [-0.15, -0.1) is 0 Å². The minimum atomic E-state index is -0.918. The summed E-state index contributed by atoms with van der Waals surface area (Å²) in [4.78, 5) is 51.5. The summed E-state index contributed by atoms with van der Waals surface area (Å²) in [5.74, 6) is -2.90. The van der Waals surface area contributed by atoms with Crippen molar-refractivity contribution in [3.05, 3.63) is 82.4 Å². The van der Waals surface area contributed by atoms with Crippen LogP contribution in [0.15, 0.2) is 71.9 Å². The van der Waals surface area contributed by atoms with Crippen LogP contribution in [0.3, 0.4) is 0 Å². The number of hydrazone groups is 1. The first kappa shape index (κ1) is 18.9. The Morgan fingerprint density at radius 1 is 0.968 bits per heavy atom. The molecule has 0 saturated carbocycles. The van der Waals surface area contributed by atoms with Crippen molar-refractivity contribution in [1.82, 2.24) is 5.01 Å². The molecule has 31 heavy (non-hydrogen) atoms. The molecular formula is C22H16N4O5. The summed E-state index contributed by atoms with van der Waals surface area (Å²) in [5.41, 5.74) is 0.539. The Bertz CT molecular complexity index is 1160. The topological polar surface area (TPSA) is 113 Å². The van der Waals surface area contributed by atoms with Crippen LogP contribution in [0.4, 0.5) is 11.4 Å². The van der Waals surface area contributed by atoms with Crippen molar-refractivity contribution in [3.8, 4) is 0 Å². The van der Waals surface area contributed by atoms with Crippen molar-refractivity contribution in [1.29, 1.82) is 0 Å². The molecule has 0 radical (unpaired) electrons. The summed E-state index contributed by atoms with van der Waals surface area (Å²) < 4.78 is 0. The van der Waals surface area contributed by atoms with E-state index in [1.54, 1.807) is 47.5 Å². The number of benzene rings is 2. The summed E-state index contributed by atoms with van der Waals surface area (Å²) in [6.45, 7) is 0. The highest BCUT2D eigenvalue weighted by molar-refractivity contribution is 6.24. The maximum atomic E-state index is 13.4. The number of carbonyl (C=O) groups is 3. The van der Waals surface area contributed by atoms with Crippen LogP contribution in [-0.4, -0.2) is 45.8 Å². The number of imide groups is 1. The lowest BCUT2D eigenvalue weighted by atomic mass is 9.86. The third kappa shape index (κ3) is 2.77. The standard InChI is InChI=1S/C22H16N4O5/c27-20(13-5-2-1-3-6-13)19-18-17(16-7-4-12-23-25(16)19)21(28)24(22(18)29)14-8-10-15(11-9-14)26(30)31/h1-12,16-19H/t16-,17-,18+,19-/m0/s1. The fourth-order valence-electron chi connectivity index (χ4n) is 4.59. The molecule has 2 fully saturated rings. The molecule has 3 heterocycles. The number of hydrogen-bond donors (Lipinski definition) is 0. The van der Waals surface area contributed by atoms with Crippen LogP contribution in [0.1, 0.15) is 10.4 Å². The molecule has 2 aromatic rings. The Morgan fingerprint density at radius 2 is 1.65 bits per heavy atom. The van der Waals surface area contributed by atoms with E-state index >= 15 is 0 Å². The van der Waals surface area contributed by atoms with E-state index in [1.165, 1.54) is 30.5 Å². The van der Waals surface area contributed by atoms with Crippen LogP contribution in [-0.2, 0) is 9.59 Å². The Morgan fingerprint density at radius 3 is 2.32 bits per heavy atom. The molecule has 3 aliphatic rings. The van der Waals surface area contributed by atoms with Gasteiger partial charge >= 0.3 is 0 Å². The molecule has 154 valence electrons. The minimum absolute atomic E-state index is 0.143. The van der Waals surface area contributed by atoms with Gasteiger partial charge in [-0.2, -0.15) is 5.10 Å². The van der Waals surface area contributed by atoms with E-state index in [1.807, 2.05) is 0 Å². The first-order chi connectivity index (χ1) is 15.0. The first-order valence-electron chi connectivity index (χ1n) is 9.69. The molecule has 0 bridgehead atoms. The zero-order valence-corrected chi connectivity index (χ0v) is 16.1. The summed E-state index contributed by atoms with van der Waals surface area (Å²) in [5, 5.41) is 16.8. The predicted octanol–water partition coefficient (Wildman–Crippen LogP) is 2.19. The van der Waals surface area contributed by atoms with Gasteiger partial charge in [-0.3, -0.25) is 29.5 Å². The quantitative estimate of drug-likeness (QED) is 0.327. The van der Waals surface area contributed by atoms with Gasteiger partial charge in [-0.25, -0.2) is 4.90 Å². The molecule has 2 saturated heterocycles. The number of amides is 2. The minimum Gasteiger partial charge on any atom is -0.292 e. The molecule has 5 rings (SSSR count). The van der Waals surface area contributed by atoms with Crippen molar-refractivity contribution >= 4 is 35.2 Å². The average Bonchev–Trinajstić information content (AvgIpc) is 3.27. The number of nitrogens with zero attached hydrogens (tertiary/aromatic N) is 4. The van der Waals surface area contributed by atoms with Crippen LogP contribution in [0, 0.1) is 22.0 Å². The second-order valence-electron chi connectivity index (χ2n) is 7.53. The smallest absolute Gasteiger partial charge is 0.269 e. The number of Topliss-reactive ketones (excluding diaryl/α,β-unsaturated/α-hetero) is 1. The van der Waals surface area contributed by atoms with Gasteiger partial charge in [0.25, 0.3) is 5.69 Å². The molecule has 2 amide bonds. The third-order valence-corrected chi connectivity index (χ3v) is 5.94. The fraction of sp³-hybridized carbons (Fsp3) is 0.182. The maximum Gasteiger partial charge on any atom is 0.269 e. The second kappa shape index (κ2) is 6.98. The number of nitro benzene ring substituents is 1. The van der Waals surface area contributed by atoms with Gasteiger partial charge in [0.05, 0.1) is 28.5 Å². The Hall–Kier alpha value is -4.14. The van der Waals surface area contributed by atoms with E-state index in [2.05, 4.69) is 5.10 Å². The zero-order valence-electron chi connectivity index (χ0n) is 16.1. The third-order valence-electron chi connectivity index (χ3n) is 5.94. The molecule has 0 unspecified atom stereocenters. The molecular weight excluding hydrogens is 400 g/mol. The number of fused-ring (bicyclic) bond motifs is 3. The molecule has 0 spiro atoms. The molecule has 0 aliphatic carbocycles. The monoisotopic (exact) mass is 416 g/mol. The van der Waals surface area contributed by atoms with Gasteiger partial charge in [-0.05, 0) is 18.2 Å². The Kier molecular flexibility index (Phi) is 4.25. The van der Waals surface area contributed by atoms with Gasteiger partial charge in [0, 0.05) is 23.9 Å². The van der Waals surface area contributed by atoms with E-state index < -0.39 is 40.7 Å². The van der Waals surface area contributed by atoms with E-state index in [-0.39, 0.29) is 17.2 Å². The summed E-state index contributed by atoms with van der Waals surface area (Å²) in [6.07, 6.45) is 5.00. The van der Waals surface area contributed by atoms with Crippen molar-refractivity contribution in [3.63, 3.8) is 0 Å². The van der Waals surface area contributed by atoms with Gasteiger partial charge in [0.15, 0.2) is 5.78 Å². The second-order valence-corrected chi connectivity index (χ2v) is 7.53. The number of anilines is 1. The SMILES string of the molecule is O=C(c1ccccc1)[C@@H]1[C@@H]2C(=O)N(c3ccc([N+](=O)[O-])cc3)C(=O)[C@H]2[C@@H]2C=CC=NN12. The van der Waals surface area contributed by atoms with E-state index in [0.29, 0.717) is 5.56 Å². The normalized spacial score (nSPS) is 26.2. The highest BCUT2D eigenvalue weighted by atomic mass is 16.6. The van der Waals surface area contributed by atoms with Crippen LogP contribution in [0.5, 0.6) is 0 Å². The Balaban J connectivity index is 1.55. The first-order valence-corrected chi connectivity index (χ1v) is 9.69. The molecule has 9 nitrogen and oxygen atoms in total. The highest BCUT2D eigenvalue weighted by Gasteiger charge is 2.64. The Labute approximate surface area is 176 Å². The lowest BCUT2D eigenvalue weighted by molar-refractivity contribution is -0.384. The van der Waals surface area contributed by atoms with E-state index in [0.717, 1.165) is 4.90 Å². The molecule has 4 atom stereocenters. The molecule has 0 aromatic heterocycles. The van der Waals surface area contributed by atoms with Gasteiger partial charge in [0.2, 0.25) is 11.8 Å². The lowest BCUT2D eigenvalue weighted by Gasteiger charge is -2.30.